The third-order valence-electron chi connectivity index (χ3n) is 1.90. The van der Waals surface area contributed by atoms with Crippen LogP contribution in [0.25, 0.3) is 0 Å². The highest BCUT2D eigenvalue weighted by molar-refractivity contribution is 5.77. The van der Waals surface area contributed by atoms with E-state index in [0.717, 1.165) is 0 Å². The smallest absolute Gasteiger partial charge is 0.143 e. The second-order valence-electron chi connectivity index (χ2n) is 3.22. The molecular formula is C11H14FNO. The van der Waals surface area contributed by atoms with Crippen LogP contribution in [0.3, 0.4) is 0 Å². The van der Waals surface area contributed by atoms with Crippen molar-refractivity contribution in [3.63, 3.8) is 0 Å². The van der Waals surface area contributed by atoms with Crippen LogP contribution in [-0.2, 0) is 11.2 Å². The molecule has 0 aliphatic carbocycles. The summed E-state index contributed by atoms with van der Waals surface area (Å²) in [5.74, 6) is -0.0874. The molecule has 0 bridgehead atoms. The first kappa shape index (κ1) is 10.9. The fourth-order valence-corrected chi connectivity index (χ4v) is 1.19. The van der Waals surface area contributed by atoms with Gasteiger partial charge in [0.05, 0.1) is 6.54 Å². The molecule has 1 rings (SSSR count). The molecule has 1 N–H and O–H groups in total. The van der Waals surface area contributed by atoms with Crippen molar-refractivity contribution in [3.05, 3.63) is 35.6 Å². The molecule has 0 saturated carbocycles. The molecular weight excluding hydrogens is 181 g/mol. The van der Waals surface area contributed by atoms with Crippen LogP contribution in [-0.4, -0.2) is 18.9 Å². The number of hydrogen-bond acceptors (Lipinski definition) is 2. The van der Waals surface area contributed by atoms with Gasteiger partial charge in [0.25, 0.3) is 0 Å². The number of carbonyl (C=O) groups excluding carboxylic acids is 1. The Morgan fingerprint density at radius 2 is 2.14 bits per heavy atom. The standard InChI is InChI=1S/C11H14FNO/c1-9(14)8-13-7-6-10-4-2-3-5-11(10)12/h2-5,13H,6-8H2,1H3. The molecule has 1 aromatic carbocycles. The fourth-order valence-electron chi connectivity index (χ4n) is 1.19. The molecule has 76 valence electrons. The van der Waals surface area contributed by atoms with Crippen LogP contribution in [0, 0.1) is 5.82 Å². The van der Waals surface area contributed by atoms with Crippen molar-refractivity contribution in [2.24, 2.45) is 0 Å². The number of hydrogen-bond donors (Lipinski definition) is 1. The van der Waals surface area contributed by atoms with E-state index in [0.29, 0.717) is 25.1 Å². The van der Waals surface area contributed by atoms with Gasteiger partial charge in [0.15, 0.2) is 0 Å². The van der Waals surface area contributed by atoms with Crippen LogP contribution in [0.15, 0.2) is 24.3 Å². The zero-order valence-corrected chi connectivity index (χ0v) is 8.22. The Labute approximate surface area is 83.1 Å². The maximum atomic E-state index is 13.1. The van der Waals surface area contributed by atoms with Gasteiger partial charge in [-0.05, 0) is 31.5 Å². The van der Waals surface area contributed by atoms with Crippen molar-refractivity contribution < 1.29 is 9.18 Å². The highest BCUT2D eigenvalue weighted by Gasteiger charge is 1.99. The molecule has 0 aliphatic heterocycles. The lowest BCUT2D eigenvalue weighted by atomic mass is 10.1. The fraction of sp³-hybridized carbons (Fsp3) is 0.364. The lowest BCUT2D eigenvalue weighted by molar-refractivity contribution is -0.116. The van der Waals surface area contributed by atoms with Gasteiger partial charge in [-0.25, -0.2) is 4.39 Å². The van der Waals surface area contributed by atoms with Crippen LogP contribution < -0.4 is 5.32 Å². The van der Waals surface area contributed by atoms with Crippen LogP contribution in [0.2, 0.25) is 0 Å². The minimum Gasteiger partial charge on any atom is -0.310 e. The van der Waals surface area contributed by atoms with E-state index in [9.17, 15) is 9.18 Å². The van der Waals surface area contributed by atoms with Crippen molar-refractivity contribution in [2.45, 2.75) is 13.3 Å². The quantitative estimate of drug-likeness (QED) is 0.722. The van der Waals surface area contributed by atoms with E-state index in [-0.39, 0.29) is 11.6 Å². The van der Waals surface area contributed by atoms with Gasteiger partial charge in [-0.2, -0.15) is 0 Å². The van der Waals surface area contributed by atoms with Gasteiger partial charge >= 0.3 is 0 Å². The molecule has 0 fully saturated rings. The highest BCUT2D eigenvalue weighted by Crippen LogP contribution is 2.05. The summed E-state index contributed by atoms with van der Waals surface area (Å²) >= 11 is 0. The number of nitrogens with one attached hydrogen (secondary N) is 1. The van der Waals surface area contributed by atoms with Crippen LogP contribution in [0.1, 0.15) is 12.5 Å². The molecule has 0 saturated heterocycles. The minimum absolute atomic E-state index is 0.0959. The number of ketones is 1. The third kappa shape index (κ3) is 3.66. The number of Topliss-reactive ketones (excluding diaryl/α,β-unsaturated/α-hetero) is 1. The van der Waals surface area contributed by atoms with Gasteiger partial charge in [-0.3, -0.25) is 4.79 Å². The second-order valence-corrected chi connectivity index (χ2v) is 3.22. The van der Waals surface area contributed by atoms with Crippen LogP contribution in [0.5, 0.6) is 0 Å². The molecule has 0 unspecified atom stereocenters. The van der Waals surface area contributed by atoms with Crippen LogP contribution in [0.4, 0.5) is 4.39 Å². The SMILES string of the molecule is CC(=O)CNCCc1ccccc1F. The summed E-state index contributed by atoms with van der Waals surface area (Å²) in [4.78, 5) is 10.6. The Kier molecular flexibility index (Phi) is 4.26. The van der Waals surface area contributed by atoms with E-state index in [4.69, 9.17) is 0 Å². The lowest BCUT2D eigenvalue weighted by Crippen LogP contribution is -2.23. The Morgan fingerprint density at radius 3 is 2.79 bits per heavy atom. The summed E-state index contributed by atoms with van der Waals surface area (Å²) in [7, 11) is 0. The van der Waals surface area contributed by atoms with Crippen molar-refractivity contribution in [1.82, 2.24) is 5.32 Å². The Hall–Kier alpha value is -1.22. The predicted octanol–water partition coefficient (Wildman–Crippen LogP) is 1.55. The van der Waals surface area contributed by atoms with Crippen LogP contribution >= 0.6 is 0 Å². The first-order valence-electron chi connectivity index (χ1n) is 4.63. The third-order valence-corrected chi connectivity index (χ3v) is 1.90. The van der Waals surface area contributed by atoms with Gasteiger partial charge in [-0.15, -0.1) is 0 Å². The largest absolute Gasteiger partial charge is 0.310 e. The molecule has 1 aromatic rings. The normalized spacial score (nSPS) is 10.1. The Morgan fingerprint density at radius 1 is 1.43 bits per heavy atom. The summed E-state index contributed by atoms with van der Waals surface area (Å²) in [5.41, 5.74) is 0.684. The molecule has 0 radical (unpaired) electrons. The number of carbonyl (C=O) groups is 1. The van der Waals surface area contributed by atoms with Crippen molar-refractivity contribution >= 4 is 5.78 Å². The monoisotopic (exact) mass is 195 g/mol. The van der Waals surface area contributed by atoms with Gasteiger partial charge in [0, 0.05) is 0 Å². The molecule has 0 atom stereocenters. The number of halogens is 1. The summed E-state index contributed by atoms with van der Waals surface area (Å²) in [6, 6.07) is 6.68. The molecule has 0 spiro atoms. The molecule has 0 aromatic heterocycles. The summed E-state index contributed by atoms with van der Waals surface area (Å²) in [6.07, 6.45) is 0.611. The zero-order valence-electron chi connectivity index (χ0n) is 8.22. The maximum Gasteiger partial charge on any atom is 0.143 e. The Bertz CT molecular complexity index is 312. The van der Waals surface area contributed by atoms with E-state index in [1.54, 1.807) is 12.1 Å². The average molecular weight is 195 g/mol. The van der Waals surface area contributed by atoms with Gasteiger partial charge in [0.1, 0.15) is 11.6 Å². The summed E-state index contributed by atoms with van der Waals surface area (Å²) in [5, 5.41) is 2.94. The molecule has 0 amide bonds. The summed E-state index contributed by atoms with van der Waals surface area (Å²) < 4.78 is 13.1. The summed E-state index contributed by atoms with van der Waals surface area (Å²) in [6.45, 7) is 2.51. The van der Waals surface area contributed by atoms with Crippen molar-refractivity contribution in [2.75, 3.05) is 13.1 Å². The van der Waals surface area contributed by atoms with Gasteiger partial charge in [-0.1, -0.05) is 18.2 Å². The Balaban J connectivity index is 2.31. The second kappa shape index (κ2) is 5.50. The van der Waals surface area contributed by atoms with Gasteiger partial charge < -0.3 is 5.32 Å². The van der Waals surface area contributed by atoms with Gasteiger partial charge in [0.2, 0.25) is 0 Å². The first-order chi connectivity index (χ1) is 6.70. The van der Waals surface area contributed by atoms with E-state index in [1.165, 1.54) is 13.0 Å². The molecule has 3 heteroatoms. The van der Waals surface area contributed by atoms with Crippen molar-refractivity contribution in [3.8, 4) is 0 Å². The molecule has 14 heavy (non-hydrogen) atoms. The minimum atomic E-state index is -0.183. The van der Waals surface area contributed by atoms with E-state index >= 15 is 0 Å². The molecule has 0 aliphatic rings. The van der Waals surface area contributed by atoms with E-state index in [2.05, 4.69) is 5.32 Å². The number of benzene rings is 1. The van der Waals surface area contributed by atoms with E-state index < -0.39 is 0 Å². The zero-order chi connectivity index (χ0) is 10.4. The topological polar surface area (TPSA) is 29.1 Å². The van der Waals surface area contributed by atoms with Crippen molar-refractivity contribution in [1.29, 1.82) is 0 Å². The first-order valence-corrected chi connectivity index (χ1v) is 4.63. The average Bonchev–Trinajstić information content (AvgIpc) is 2.15. The highest BCUT2D eigenvalue weighted by atomic mass is 19.1. The molecule has 0 heterocycles. The lowest BCUT2D eigenvalue weighted by Gasteiger charge is -2.03. The molecule has 2 nitrogen and oxygen atoms in total. The number of rotatable bonds is 5. The maximum absolute atomic E-state index is 13.1. The van der Waals surface area contributed by atoms with E-state index in [1.807, 2.05) is 6.07 Å². The predicted molar refractivity (Wildman–Crippen MR) is 53.7 cm³/mol.